The maximum absolute atomic E-state index is 16.8. The van der Waals surface area contributed by atoms with Crippen LogP contribution in [0.3, 0.4) is 0 Å². The number of nitrogens with one attached hydrogen (secondary N) is 1. The van der Waals surface area contributed by atoms with Crippen LogP contribution in [0.1, 0.15) is 67.4 Å². The van der Waals surface area contributed by atoms with Crippen molar-refractivity contribution in [3.8, 4) is 17.2 Å². The number of fused-ring (bicyclic) bond motifs is 2. The Kier molecular flexibility index (Phi) is 9.91. The maximum Gasteiger partial charge on any atom is 0.412 e. The van der Waals surface area contributed by atoms with Gasteiger partial charge in [-0.3, -0.25) is 5.32 Å². The van der Waals surface area contributed by atoms with Crippen LogP contribution in [0.2, 0.25) is 10.3 Å². The summed E-state index contributed by atoms with van der Waals surface area (Å²) in [6.45, 7) is 15.2. The van der Waals surface area contributed by atoms with Crippen LogP contribution in [0.4, 0.5) is 29.2 Å². The molecule has 49 heavy (non-hydrogen) atoms. The SMILES string of the molecule is CCN(c1nc(Cl)nc2c(F)c(-c3ccc(F)c4sc(NC(=O)OC(C)(C)C)c(C#N)c34)c(Cl)cc12)[C@@H]1CCN(C(=O)OC(C)(C)C)[C@@H]1C. The number of ether oxygens (including phenoxy) is 2. The van der Waals surface area contributed by atoms with Gasteiger partial charge in [0.05, 0.1) is 27.4 Å². The summed E-state index contributed by atoms with van der Waals surface area (Å²) in [4.78, 5) is 37.8. The number of nitriles is 1. The summed E-state index contributed by atoms with van der Waals surface area (Å²) in [5.41, 5.74) is -1.72. The van der Waals surface area contributed by atoms with Gasteiger partial charge in [-0.15, -0.1) is 11.3 Å². The van der Waals surface area contributed by atoms with E-state index in [-0.39, 0.29) is 65.1 Å². The molecule has 2 amide bonds. The van der Waals surface area contributed by atoms with E-state index in [1.807, 2.05) is 24.8 Å². The van der Waals surface area contributed by atoms with E-state index in [9.17, 15) is 14.9 Å². The average Bonchev–Trinajstić information content (AvgIpc) is 3.54. The lowest BCUT2D eigenvalue weighted by atomic mass is 9.97. The van der Waals surface area contributed by atoms with Crippen LogP contribution in [0.5, 0.6) is 0 Å². The first-order valence-corrected chi connectivity index (χ1v) is 17.2. The van der Waals surface area contributed by atoms with Crippen LogP contribution in [0, 0.1) is 23.0 Å². The van der Waals surface area contributed by atoms with Crippen molar-refractivity contribution in [2.24, 2.45) is 0 Å². The molecule has 0 spiro atoms. The molecule has 15 heteroatoms. The topological polar surface area (TPSA) is 121 Å². The summed E-state index contributed by atoms with van der Waals surface area (Å²) >= 11 is 14.1. The summed E-state index contributed by atoms with van der Waals surface area (Å²) in [6, 6.07) is 5.50. The van der Waals surface area contributed by atoms with Crippen LogP contribution >= 0.6 is 34.5 Å². The molecule has 10 nitrogen and oxygen atoms in total. The van der Waals surface area contributed by atoms with Crippen molar-refractivity contribution in [2.75, 3.05) is 23.3 Å². The highest BCUT2D eigenvalue weighted by atomic mass is 35.5. The van der Waals surface area contributed by atoms with Crippen molar-refractivity contribution in [3.63, 3.8) is 0 Å². The quantitative estimate of drug-likeness (QED) is 0.202. The molecule has 4 aromatic rings. The molecule has 0 aliphatic carbocycles. The Morgan fingerprint density at radius 2 is 1.82 bits per heavy atom. The largest absolute Gasteiger partial charge is 0.444 e. The summed E-state index contributed by atoms with van der Waals surface area (Å²) < 4.78 is 42.9. The zero-order valence-corrected chi connectivity index (χ0v) is 30.6. The number of nitrogens with zero attached hydrogens (tertiary/aromatic N) is 5. The Balaban J connectivity index is 1.63. The van der Waals surface area contributed by atoms with Gasteiger partial charge in [0, 0.05) is 29.4 Å². The number of amides is 2. The maximum atomic E-state index is 16.8. The van der Waals surface area contributed by atoms with Crippen molar-refractivity contribution in [1.29, 1.82) is 5.26 Å². The molecular weight excluding hydrogens is 697 g/mol. The Bertz CT molecular complexity index is 2020. The molecule has 0 bridgehead atoms. The molecule has 0 saturated carbocycles. The average molecular weight is 734 g/mol. The molecule has 1 aliphatic heterocycles. The van der Waals surface area contributed by atoms with Gasteiger partial charge in [0.2, 0.25) is 5.28 Å². The molecule has 1 aliphatic rings. The zero-order chi connectivity index (χ0) is 36.2. The number of thiophene rings is 1. The van der Waals surface area contributed by atoms with Gasteiger partial charge >= 0.3 is 12.2 Å². The molecular formula is C34H36Cl2F2N6O4S. The second-order valence-electron chi connectivity index (χ2n) is 13.7. The van der Waals surface area contributed by atoms with E-state index in [4.69, 9.17) is 32.7 Å². The molecule has 2 aromatic carbocycles. The van der Waals surface area contributed by atoms with E-state index in [0.29, 0.717) is 25.3 Å². The number of likely N-dealkylation sites (N-methyl/N-ethyl adjacent to an activating group) is 1. The fourth-order valence-corrected chi connectivity index (χ4v) is 7.58. The first-order chi connectivity index (χ1) is 22.8. The predicted molar refractivity (Wildman–Crippen MR) is 189 cm³/mol. The lowest BCUT2D eigenvalue weighted by Gasteiger charge is -2.34. The number of halogens is 4. The standard InChI is InChI=1S/C34H36Cl2F2N6O4S/c1-9-43(22-12-13-44(16(22)2)32(46)48-34(6,7)8)28-18-14-20(35)24(25(38)26(18)40-30(36)41-28)17-10-11-21(37)27-23(17)19(15-39)29(49-27)42-31(45)47-33(3,4)5/h10-11,14,16,22H,9,12-13H2,1-8H3,(H,42,45)/t16-,22-/m1/s1. The molecule has 1 N–H and O–H groups in total. The fourth-order valence-electron chi connectivity index (χ4n) is 6.05. The number of anilines is 2. The Morgan fingerprint density at radius 3 is 2.43 bits per heavy atom. The number of rotatable bonds is 5. The van der Waals surface area contributed by atoms with Crippen molar-refractivity contribution in [1.82, 2.24) is 14.9 Å². The predicted octanol–water partition coefficient (Wildman–Crippen LogP) is 9.54. The minimum absolute atomic E-state index is 0.0130. The van der Waals surface area contributed by atoms with E-state index >= 15 is 8.78 Å². The van der Waals surface area contributed by atoms with Crippen LogP contribution < -0.4 is 10.2 Å². The Morgan fingerprint density at radius 1 is 1.14 bits per heavy atom. The number of benzene rings is 2. The number of hydrogen-bond donors (Lipinski definition) is 1. The van der Waals surface area contributed by atoms with Crippen LogP contribution in [0.15, 0.2) is 18.2 Å². The van der Waals surface area contributed by atoms with Crippen molar-refractivity contribution < 1.29 is 27.8 Å². The monoisotopic (exact) mass is 732 g/mol. The first-order valence-electron chi connectivity index (χ1n) is 15.6. The van der Waals surface area contributed by atoms with Gasteiger partial charge in [0.1, 0.15) is 39.4 Å². The van der Waals surface area contributed by atoms with Gasteiger partial charge in [-0.05, 0) is 91.1 Å². The van der Waals surface area contributed by atoms with E-state index < -0.39 is 35.0 Å². The molecule has 0 unspecified atom stereocenters. The third kappa shape index (κ3) is 7.18. The molecule has 3 heterocycles. The Hall–Kier alpha value is -3.99. The zero-order valence-electron chi connectivity index (χ0n) is 28.3. The molecule has 2 atom stereocenters. The van der Waals surface area contributed by atoms with E-state index in [1.165, 1.54) is 12.1 Å². The van der Waals surface area contributed by atoms with E-state index in [2.05, 4.69) is 15.3 Å². The van der Waals surface area contributed by atoms with Gasteiger partial charge in [-0.2, -0.15) is 10.2 Å². The van der Waals surface area contributed by atoms with Crippen LogP contribution in [-0.2, 0) is 9.47 Å². The molecule has 5 rings (SSSR count). The van der Waals surface area contributed by atoms with Gasteiger partial charge < -0.3 is 19.3 Å². The smallest absolute Gasteiger partial charge is 0.412 e. The second kappa shape index (κ2) is 13.4. The molecule has 1 saturated heterocycles. The van der Waals surface area contributed by atoms with Crippen LogP contribution in [0.25, 0.3) is 32.1 Å². The molecule has 260 valence electrons. The molecule has 2 aromatic heterocycles. The summed E-state index contributed by atoms with van der Waals surface area (Å²) in [5.74, 6) is -1.20. The van der Waals surface area contributed by atoms with Crippen LogP contribution in [-0.4, -0.2) is 63.4 Å². The minimum atomic E-state index is -0.858. The van der Waals surface area contributed by atoms with Crippen molar-refractivity contribution in [2.45, 2.75) is 85.1 Å². The van der Waals surface area contributed by atoms with E-state index in [1.54, 1.807) is 46.4 Å². The summed E-state index contributed by atoms with van der Waals surface area (Å²) in [7, 11) is 0. The highest BCUT2D eigenvalue weighted by Gasteiger charge is 2.40. The van der Waals surface area contributed by atoms with Gasteiger partial charge in [0.15, 0.2) is 5.82 Å². The molecule has 0 radical (unpaired) electrons. The fraction of sp³-hybridized carbons (Fsp3) is 0.441. The van der Waals surface area contributed by atoms with Crippen molar-refractivity contribution in [3.05, 3.63) is 45.7 Å². The third-order valence-electron chi connectivity index (χ3n) is 7.98. The third-order valence-corrected chi connectivity index (χ3v) is 9.56. The second-order valence-corrected chi connectivity index (χ2v) is 15.4. The highest BCUT2D eigenvalue weighted by molar-refractivity contribution is 7.23. The number of carbonyl (C=O) groups is 2. The lowest BCUT2D eigenvalue weighted by Crippen LogP contribution is -2.47. The van der Waals surface area contributed by atoms with Crippen molar-refractivity contribution >= 4 is 78.5 Å². The van der Waals surface area contributed by atoms with Gasteiger partial charge in [-0.25, -0.2) is 23.4 Å². The first kappa shape index (κ1) is 36.3. The summed E-state index contributed by atoms with van der Waals surface area (Å²) in [6.07, 6.45) is -0.672. The Labute approximate surface area is 296 Å². The van der Waals surface area contributed by atoms with Gasteiger partial charge in [0.25, 0.3) is 0 Å². The highest BCUT2D eigenvalue weighted by Crippen LogP contribution is 2.46. The number of likely N-dealkylation sites (tertiary alicyclic amines) is 1. The normalized spacial score (nSPS) is 16.6. The number of hydrogen-bond acceptors (Lipinski definition) is 9. The number of carbonyl (C=O) groups excluding carboxylic acids is 2. The minimum Gasteiger partial charge on any atom is -0.444 e. The lowest BCUT2D eigenvalue weighted by molar-refractivity contribution is 0.0232. The number of aromatic nitrogens is 2. The van der Waals surface area contributed by atoms with E-state index in [0.717, 1.165) is 17.4 Å². The van der Waals surface area contributed by atoms with Gasteiger partial charge in [-0.1, -0.05) is 17.7 Å². The molecule has 1 fully saturated rings. The summed E-state index contributed by atoms with van der Waals surface area (Å²) in [5, 5.41) is 12.8.